The molecule has 0 aliphatic heterocycles. The normalized spacial score (nSPS) is 13.6. The molecule has 120 valence electrons. The van der Waals surface area contributed by atoms with Crippen LogP contribution in [0.1, 0.15) is 25.6 Å². The van der Waals surface area contributed by atoms with E-state index in [0.29, 0.717) is 5.82 Å². The van der Waals surface area contributed by atoms with Crippen LogP contribution in [0.15, 0.2) is 4.79 Å². The van der Waals surface area contributed by atoms with Gasteiger partial charge in [0.05, 0.1) is 19.3 Å². The van der Waals surface area contributed by atoms with Gasteiger partial charge < -0.3 is 25.4 Å². The first-order valence-corrected chi connectivity index (χ1v) is 7.95. The van der Waals surface area contributed by atoms with Gasteiger partial charge in [-0.2, -0.15) is 9.97 Å². The molecule has 0 spiro atoms. The third-order valence-electron chi connectivity index (χ3n) is 2.53. The number of nitrogens with zero attached hydrogens (tertiary/aromatic N) is 3. The van der Waals surface area contributed by atoms with E-state index in [1.165, 1.54) is 4.57 Å². The molecule has 1 aromatic heterocycles. The Morgan fingerprint density at radius 1 is 1.38 bits per heavy atom. The average molecular weight is 322 g/mol. The molecule has 21 heavy (non-hydrogen) atoms. The third kappa shape index (κ3) is 5.52. The number of nitrogen functional groups attached to an aromatic ring is 1. The van der Waals surface area contributed by atoms with Gasteiger partial charge in [-0.3, -0.25) is 9.13 Å². The van der Waals surface area contributed by atoms with E-state index in [1.807, 2.05) is 0 Å². The van der Waals surface area contributed by atoms with Crippen molar-refractivity contribution in [3.8, 4) is 0 Å². The lowest BCUT2D eigenvalue weighted by Gasteiger charge is -2.20. The monoisotopic (exact) mass is 322 g/mol. The Balaban J connectivity index is 2.99. The number of aliphatic hydroxyl groups is 1. The minimum absolute atomic E-state index is 0.135. The number of hydrogen-bond acceptors (Lipinski definition) is 7. The zero-order valence-corrected chi connectivity index (χ0v) is 12.6. The fourth-order valence-electron chi connectivity index (χ4n) is 1.64. The van der Waals surface area contributed by atoms with E-state index in [0.717, 1.165) is 0 Å². The third-order valence-corrected chi connectivity index (χ3v) is 3.02. The van der Waals surface area contributed by atoms with Gasteiger partial charge in [-0.25, -0.2) is 4.79 Å². The Bertz CT molecular complexity index is 583. The molecule has 0 aromatic carbocycles. The fraction of sp³-hybridized carbons (Fsp3) is 0.700. The van der Waals surface area contributed by atoms with Gasteiger partial charge in [0.1, 0.15) is 12.2 Å². The van der Waals surface area contributed by atoms with Gasteiger partial charge in [0.25, 0.3) is 0 Å². The first kappa shape index (κ1) is 17.7. The smallest absolute Gasteiger partial charge is 0.352 e. The maximum atomic E-state index is 11.9. The molecule has 0 fully saturated rings. The molecule has 1 aromatic rings. The highest BCUT2D eigenvalue weighted by atomic mass is 31.2. The Kier molecular flexibility index (Phi) is 5.99. The van der Waals surface area contributed by atoms with Gasteiger partial charge in [-0.1, -0.05) is 13.8 Å². The van der Waals surface area contributed by atoms with Crippen LogP contribution in [0.25, 0.3) is 0 Å². The fourth-order valence-corrected chi connectivity index (χ4v) is 2.05. The molecule has 11 heteroatoms. The molecule has 0 aliphatic rings. The van der Waals surface area contributed by atoms with E-state index in [-0.39, 0.29) is 18.4 Å². The highest BCUT2D eigenvalue weighted by Crippen LogP contribution is 2.34. The van der Waals surface area contributed by atoms with E-state index in [1.54, 1.807) is 13.8 Å². The summed E-state index contributed by atoms with van der Waals surface area (Å²) in [6.07, 6.45) is -1.82. The summed E-state index contributed by atoms with van der Waals surface area (Å²) >= 11 is 0. The van der Waals surface area contributed by atoms with E-state index < -0.39 is 32.3 Å². The molecule has 1 rings (SSSR count). The van der Waals surface area contributed by atoms with Crippen LogP contribution in [0, 0.1) is 0 Å². The predicted octanol–water partition coefficient (Wildman–Crippen LogP) is -1.14. The average Bonchev–Trinajstić information content (AvgIpc) is 2.34. The van der Waals surface area contributed by atoms with Crippen LogP contribution in [0.3, 0.4) is 0 Å². The second-order valence-electron chi connectivity index (χ2n) is 4.75. The van der Waals surface area contributed by atoms with Crippen LogP contribution >= 0.6 is 7.60 Å². The van der Waals surface area contributed by atoms with Crippen LogP contribution in [0.5, 0.6) is 0 Å². The first-order chi connectivity index (χ1) is 9.64. The molecule has 0 amide bonds. The van der Waals surface area contributed by atoms with Gasteiger partial charge in [0.2, 0.25) is 5.95 Å². The lowest BCUT2D eigenvalue weighted by Crippen LogP contribution is -2.35. The highest BCUT2D eigenvalue weighted by molar-refractivity contribution is 7.51. The quantitative estimate of drug-likeness (QED) is 0.454. The topological polar surface area (TPSA) is 161 Å². The van der Waals surface area contributed by atoms with Gasteiger partial charge in [-0.15, -0.1) is 0 Å². The van der Waals surface area contributed by atoms with Gasteiger partial charge in [0.15, 0.2) is 0 Å². The van der Waals surface area contributed by atoms with Crippen LogP contribution in [0.4, 0.5) is 5.95 Å². The van der Waals surface area contributed by atoms with Crippen molar-refractivity contribution in [2.24, 2.45) is 0 Å². The van der Waals surface area contributed by atoms with Crippen molar-refractivity contribution in [3.63, 3.8) is 0 Å². The molecule has 1 heterocycles. The lowest BCUT2D eigenvalue weighted by atomic mass is 10.2. The van der Waals surface area contributed by atoms with E-state index >= 15 is 0 Å². The maximum absolute atomic E-state index is 11.9. The Morgan fingerprint density at radius 2 is 2.00 bits per heavy atom. The largest absolute Gasteiger partial charge is 0.394 e. The Labute approximate surface area is 120 Å². The molecule has 0 aliphatic carbocycles. The zero-order chi connectivity index (χ0) is 16.2. The van der Waals surface area contributed by atoms with Crippen LogP contribution in [0.2, 0.25) is 0 Å². The number of hydrogen-bond donors (Lipinski definition) is 4. The predicted molar refractivity (Wildman–Crippen MR) is 73.7 cm³/mol. The molecule has 5 N–H and O–H groups in total. The molecular weight excluding hydrogens is 303 g/mol. The van der Waals surface area contributed by atoms with E-state index in [4.69, 9.17) is 20.3 Å². The molecule has 0 unspecified atom stereocenters. The van der Waals surface area contributed by atoms with Crippen molar-refractivity contribution >= 4 is 13.5 Å². The second-order valence-corrected chi connectivity index (χ2v) is 6.34. The highest BCUT2D eigenvalue weighted by Gasteiger charge is 2.20. The number of anilines is 1. The number of nitrogens with two attached hydrogens (primary N) is 1. The summed E-state index contributed by atoms with van der Waals surface area (Å²) in [5.74, 6) is 0.0616. The lowest BCUT2D eigenvalue weighted by molar-refractivity contribution is 0.0180. The number of ether oxygens (including phenoxy) is 1. The zero-order valence-electron chi connectivity index (χ0n) is 11.7. The maximum Gasteiger partial charge on any atom is 0.352 e. The number of aromatic nitrogens is 3. The van der Waals surface area contributed by atoms with Crippen LogP contribution < -0.4 is 11.4 Å². The second kappa shape index (κ2) is 7.10. The molecular formula is C10H19N4O6P. The summed E-state index contributed by atoms with van der Waals surface area (Å²) in [6.45, 7) is 2.93. The number of aliphatic hydroxyl groups excluding tert-OH is 1. The van der Waals surface area contributed by atoms with Crippen molar-refractivity contribution in [2.45, 2.75) is 32.4 Å². The van der Waals surface area contributed by atoms with Crippen molar-refractivity contribution in [1.82, 2.24) is 14.5 Å². The minimum Gasteiger partial charge on any atom is -0.394 e. The van der Waals surface area contributed by atoms with Crippen molar-refractivity contribution in [1.29, 1.82) is 0 Å². The summed E-state index contributed by atoms with van der Waals surface area (Å²) in [5.41, 5.74) is 4.76. The summed E-state index contributed by atoms with van der Waals surface area (Å²) < 4.78 is 16.9. The van der Waals surface area contributed by atoms with Gasteiger partial charge in [0, 0.05) is 5.92 Å². The SMILES string of the molecule is CC(C)c1nc(N)nc(=O)n1C[C@@H](CO)OCP(=O)(O)O. The van der Waals surface area contributed by atoms with Gasteiger partial charge in [-0.05, 0) is 0 Å². The van der Waals surface area contributed by atoms with E-state index in [2.05, 4.69) is 9.97 Å². The summed E-state index contributed by atoms with van der Waals surface area (Å²) in [4.78, 5) is 36.8. The first-order valence-electron chi connectivity index (χ1n) is 6.15. The molecule has 1 atom stereocenters. The van der Waals surface area contributed by atoms with Crippen molar-refractivity contribution < 1.29 is 24.2 Å². The Morgan fingerprint density at radius 3 is 2.48 bits per heavy atom. The molecule has 0 saturated heterocycles. The van der Waals surface area contributed by atoms with Crippen LogP contribution in [-0.2, 0) is 15.8 Å². The van der Waals surface area contributed by atoms with Crippen molar-refractivity contribution in [2.75, 3.05) is 18.7 Å². The van der Waals surface area contributed by atoms with Gasteiger partial charge >= 0.3 is 13.3 Å². The standard InChI is InChI=1S/C10H19N4O6P/c1-6(2)8-12-9(11)13-10(16)14(8)3-7(4-15)20-5-21(17,18)19/h6-7,15H,3-5H2,1-2H3,(H2,11,13,16)(H2,17,18,19)/t7-/m0/s1. The molecule has 0 saturated carbocycles. The molecule has 0 bridgehead atoms. The van der Waals surface area contributed by atoms with E-state index in [9.17, 15) is 14.5 Å². The number of rotatable bonds is 7. The summed E-state index contributed by atoms with van der Waals surface area (Å²) in [5, 5.41) is 9.20. The van der Waals surface area contributed by atoms with Crippen molar-refractivity contribution in [3.05, 3.63) is 16.3 Å². The summed E-state index contributed by atoms with van der Waals surface area (Å²) in [6, 6.07) is 0. The molecule has 10 nitrogen and oxygen atoms in total. The molecule has 0 radical (unpaired) electrons. The Hall–Kier alpha value is -1.32. The van der Waals surface area contributed by atoms with Crippen LogP contribution in [-0.4, -0.2) is 48.5 Å². The summed E-state index contributed by atoms with van der Waals surface area (Å²) in [7, 11) is -4.36. The minimum atomic E-state index is -4.36.